The van der Waals surface area contributed by atoms with Crippen LogP contribution >= 0.6 is 11.6 Å². The number of rotatable bonds is 12. The molecule has 34 heavy (non-hydrogen) atoms. The highest BCUT2D eigenvalue weighted by molar-refractivity contribution is 7.91. The van der Waals surface area contributed by atoms with Crippen molar-refractivity contribution in [2.75, 3.05) is 26.9 Å². The van der Waals surface area contributed by atoms with Gasteiger partial charge < -0.3 is 14.2 Å². The van der Waals surface area contributed by atoms with E-state index in [1.54, 1.807) is 46.9 Å². The van der Waals surface area contributed by atoms with Crippen molar-refractivity contribution in [1.29, 1.82) is 0 Å². The van der Waals surface area contributed by atoms with Gasteiger partial charge in [0.15, 0.2) is 9.84 Å². The molecule has 0 aliphatic carbocycles. The first-order valence-corrected chi connectivity index (χ1v) is 13.4. The number of methoxy groups -OCH3 is 1. The molecule has 0 radical (unpaired) electrons. The third-order valence-electron chi connectivity index (χ3n) is 5.35. The third kappa shape index (κ3) is 8.00. The first-order valence-electron chi connectivity index (χ1n) is 11.4. The van der Waals surface area contributed by atoms with Gasteiger partial charge in [-0.1, -0.05) is 29.8 Å². The van der Waals surface area contributed by atoms with E-state index in [1.165, 1.54) is 0 Å². The van der Waals surface area contributed by atoms with E-state index in [-0.39, 0.29) is 18.1 Å². The lowest BCUT2D eigenvalue weighted by atomic mass is 9.99. The van der Waals surface area contributed by atoms with Gasteiger partial charge in [0, 0.05) is 37.1 Å². The number of esters is 1. The Morgan fingerprint density at radius 3 is 2.44 bits per heavy atom. The Labute approximate surface area is 208 Å². The van der Waals surface area contributed by atoms with Gasteiger partial charge in [0.2, 0.25) is 0 Å². The van der Waals surface area contributed by atoms with Gasteiger partial charge in [-0.05, 0) is 69.0 Å². The maximum absolute atomic E-state index is 12.8. The SMILES string of the molecule is CCOC(=O)CCc1ccc(-c2ccc(Cl)c(CS(=O)(=O)C(C)(C)C)c2)c(OCCCOC)c1. The highest BCUT2D eigenvalue weighted by atomic mass is 35.5. The number of sulfone groups is 1. The van der Waals surface area contributed by atoms with E-state index in [1.807, 2.05) is 24.3 Å². The van der Waals surface area contributed by atoms with E-state index < -0.39 is 14.6 Å². The van der Waals surface area contributed by atoms with Crippen LogP contribution in [0.5, 0.6) is 5.75 Å². The molecule has 0 aliphatic rings. The van der Waals surface area contributed by atoms with E-state index in [4.69, 9.17) is 25.8 Å². The summed E-state index contributed by atoms with van der Waals surface area (Å²) in [4.78, 5) is 11.8. The lowest BCUT2D eigenvalue weighted by Crippen LogP contribution is -2.29. The van der Waals surface area contributed by atoms with Gasteiger partial charge in [-0.2, -0.15) is 0 Å². The Morgan fingerprint density at radius 2 is 1.79 bits per heavy atom. The molecule has 2 aromatic rings. The first kappa shape index (κ1) is 28.1. The molecule has 2 aromatic carbocycles. The lowest BCUT2D eigenvalue weighted by molar-refractivity contribution is -0.143. The summed E-state index contributed by atoms with van der Waals surface area (Å²) in [6.45, 7) is 8.22. The zero-order valence-electron chi connectivity index (χ0n) is 20.6. The zero-order valence-corrected chi connectivity index (χ0v) is 22.2. The van der Waals surface area contributed by atoms with Crippen LogP contribution in [0, 0.1) is 0 Å². The average Bonchev–Trinajstić information content (AvgIpc) is 2.76. The van der Waals surface area contributed by atoms with Crippen LogP contribution < -0.4 is 4.74 Å². The van der Waals surface area contributed by atoms with Gasteiger partial charge in [-0.15, -0.1) is 0 Å². The number of ether oxygens (including phenoxy) is 3. The molecule has 6 nitrogen and oxygen atoms in total. The van der Waals surface area contributed by atoms with Crippen LogP contribution in [0.1, 0.15) is 51.7 Å². The normalized spacial score (nSPS) is 11.9. The molecule has 8 heteroatoms. The standard InChI is InChI=1S/C26H35ClO6S/c1-6-32-25(28)13-9-19-8-11-22(24(16-19)33-15-7-14-31-5)20-10-12-23(27)21(17-20)18-34(29,30)26(2,3)4/h8,10-12,16-17H,6-7,9,13-15,18H2,1-5H3. The average molecular weight is 511 g/mol. The summed E-state index contributed by atoms with van der Waals surface area (Å²) in [5, 5.41) is 0.408. The number of benzene rings is 2. The van der Waals surface area contributed by atoms with Crippen molar-refractivity contribution in [3.8, 4) is 16.9 Å². The fourth-order valence-corrected chi connectivity index (χ4v) is 4.56. The molecule has 0 amide bonds. The highest BCUT2D eigenvalue weighted by Crippen LogP contribution is 2.35. The molecule has 0 heterocycles. The number of hydrogen-bond donors (Lipinski definition) is 0. The van der Waals surface area contributed by atoms with Gasteiger partial charge in [-0.25, -0.2) is 8.42 Å². The molecule has 0 bridgehead atoms. The molecule has 0 saturated carbocycles. The summed E-state index contributed by atoms with van der Waals surface area (Å²) in [6.07, 6.45) is 1.54. The highest BCUT2D eigenvalue weighted by Gasteiger charge is 2.30. The molecule has 2 rings (SSSR count). The van der Waals surface area contributed by atoms with Crippen LogP contribution in [0.15, 0.2) is 36.4 Å². The Bertz CT molecular complexity index is 1070. The van der Waals surface area contributed by atoms with E-state index in [2.05, 4.69) is 0 Å². The van der Waals surface area contributed by atoms with Gasteiger partial charge >= 0.3 is 5.97 Å². The fraction of sp³-hybridized carbons (Fsp3) is 0.500. The Balaban J connectivity index is 2.38. The van der Waals surface area contributed by atoms with Gasteiger partial charge in [-0.3, -0.25) is 4.79 Å². The van der Waals surface area contributed by atoms with Crippen LogP contribution in [-0.2, 0) is 36.3 Å². The maximum atomic E-state index is 12.8. The van der Waals surface area contributed by atoms with Crippen molar-refractivity contribution < 1.29 is 27.4 Å². The van der Waals surface area contributed by atoms with Crippen LogP contribution in [0.2, 0.25) is 5.02 Å². The monoisotopic (exact) mass is 510 g/mol. The minimum absolute atomic E-state index is 0.148. The lowest BCUT2D eigenvalue weighted by Gasteiger charge is -2.20. The molecule has 0 spiro atoms. The number of halogens is 1. The second kappa shape index (κ2) is 12.6. The molecule has 188 valence electrons. The first-order chi connectivity index (χ1) is 16.0. The van der Waals surface area contributed by atoms with Crippen LogP contribution in [0.4, 0.5) is 0 Å². The Hall–Kier alpha value is -2.09. The Kier molecular flexibility index (Phi) is 10.4. The Morgan fingerprint density at radius 1 is 1.06 bits per heavy atom. The predicted molar refractivity (Wildman–Crippen MR) is 136 cm³/mol. The van der Waals surface area contributed by atoms with E-state index in [0.717, 1.165) is 23.1 Å². The van der Waals surface area contributed by atoms with Crippen molar-refractivity contribution in [2.45, 2.75) is 57.5 Å². The summed E-state index contributed by atoms with van der Waals surface area (Å²) in [7, 11) is -1.76. The topological polar surface area (TPSA) is 78.9 Å². The molecule has 0 fully saturated rings. The molecule has 0 aliphatic heterocycles. The summed E-state index contributed by atoms with van der Waals surface area (Å²) < 4.78 is 40.9. The minimum atomic E-state index is -3.40. The molecule has 0 N–H and O–H groups in total. The number of aryl methyl sites for hydroxylation is 1. The molecular formula is C26H35ClO6S. The molecule has 0 saturated heterocycles. The van der Waals surface area contributed by atoms with E-state index in [0.29, 0.717) is 42.6 Å². The molecule has 0 unspecified atom stereocenters. The predicted octanol–water partition coefficient (Wildman–Crippen LogP) is 5.63. The summed E-state index contributed by atoms with van der Waals surface area (Å²) >= 11 is 6.37. The second-order valence-electron chi connectivity index (χ2n) is 9.01. The summed E-state index contributed by atoms with van der Waals surface area (Å²) in [5.41, 5.74) is 3.12. The minimum Gasteiger partial charge on any atom is -0.493 e. The van der Waals surface area contributed by atoms with Crippen molar-refractivity contribution in [1.82, 2.24) is 0 Å². The van der Waals surface area contributed by atoms with Crippen LogP contribution in [0.25, 0.3) is 11.1 Å². The fourth-order valence-electron chi connectivity index (χ4n) is 3.22. The molecule has 0 aromatic heterocycles. The third-order valence-corrected chi connectivity index (χ3v) is 8.28. The summed E-state index contributed by atoms with van der Waals surface area (Å²) in [6, 6.07) is 11.2. The number of hydrogen-bond acceptors (Lipinski definition) is 6. The largest absolute Gasteiger partial charge is 0.493 e. The van der Waals surface area contributed by atoms with Crippen LogP contribution in [-0.4, -0.2) is 46.1 Å². The maximum Gasteiger partial charge on any atom is 0.306 e. The molecule has 0 atom stereocenters. The van der Waals surface area contributed by atoms with Crippen molar-refractivity contribution in [2.24, 2.45) is 0 Å². The summed E-state index contributed by atoms with van der Waals surface area (Å²) in [5.74, 6) is 0.270. The van der Waals surface area contributed by atoms with Gasteiger partial charge in [0.1, 0.15) is 5.75 Å². The van der Waals surface area contributed by atoms with Gasteiger partial charge in [0.25, 0.3) is 0 Å². The number of carbonyl (C=O) groups is 1. The van der Waals surface area contributed by atoms with Gasteiger partial charge in [0.05, 0.1) is 23.7 Å². The zero-order chi connectivity index (χ0) is 25.4. The van der Waals surface area contributed by atoms with Crippen LogP contribution in [0.3, 0.4) is 0 Å². The van der Waals surface area contributed by atoms with Crippen molar-refractivity contribution >= 4 is 27.4 Å². The van der Waals surface area contributed by atoms with E-state index >= 15 is 0 Å². The number of carbonyl (C=O) groups excluding carboxylic acids is 1. The second-order valence-corrected chi connectivity index (χ2v) is 12.2. The van der Waals surface area contributed by atoms with Crippen molar-refractivity contribution in [3.63, 3.8) is 0 Å². The quantitative estimate of drug-likeness (QED) is 0.272. The van der Waals surface area contributed by atoms with Crippen molar-refractivity contribution in [3.05, 3.63) is 52.5 Å². The molecular weight excluding hydrogens is 476 g/mol. The smallest absolute Gasteiger partial charge is 0.306 e. The van der Waals surface area contributed by atoms with E-state index in [9.17, 15) is 13.2 Å².